The zero-order valence-corrected chi connectivity index (χ0v) is 12.0. The van der Waals surface area contributed by atoms with Crippen molar-refractivity contribution in [2.45, 2.75) is 20.3 Å². The number of aromatic nitrogens is 1. The molecule has 3 rings (SSSR count). The molecule has 2 aromatic carbocycles. The molecule has 100 valence electrons. The van der Waals surface area contributed by atoms with E-state index in [4.69, 9.17) is 0 Å². The summed E-state index contributed by atoms with van der Waals surface area (Å²) in [5, 5.41) is 1.33. The number of aromatic amines is 1. The Morgan fingerprint density at radius 1 is 1.05 bits per heavy atom. The molecule has 1 N–H and O–H groups in total. The van der Waals surface area contributed by atoms with Crippen LogP contribution in [0.4, 0.5) is 0 Å². The van der Waals surface area contributed by atoms with Gasteiger partial charge in [-0.3, -0.25) is 0 Å². The largest absolute Gasteiger partial charge is 0.361 e. The van der Waals surface area contributed by atoms with E-state index in [9.17, 15) is 0 Å². The predicted octanol–water partition coefficient (Wildman–Crippen LogP) is 5.32. The summed E-state index contributed by atoms with van der Waals surface area (Å²) >= 11 is 0. The lowest BCUT2D eigenvalue weighted by Crippen LogP contribution is -1.90. The van der Waals surface area contributed by atoms with Crippen molar-refractivity contribution in [2.75, 3.05) is 0 Å². The second kappa shape index (κ2) is 5.38. The van der Waals surface area contributed by atoms with Crippen molar-refractivity contribution in [1.29, 1.82) is 0 Å². The molecule has 20 heavy (non-hydrogen) atoms. The average Bonchev–Trinajstić information content (AvgIpc) is 2.88. The first-order valence-corrected chi connectivity index (χ1v) is 7.14. The Labute approximate surface area is 120 Å². The molecule has 0 spiro atoms. The standard InChI is InChI=1S/C19H19N/c1-3-8-16(15-9-5-4-6-10-15)17-11-7-12-18-19(17)14(2)13-20-18/h4-13,20H,3H2,1-2H3/b16-8+. The number of hydrogen-bond donors (Lipinski definition) is 1. The molecule has 0 saturated carbocycles. The maximum absolute atomic E-state index is 3.35. The Balaban J connectivity index is 2.26. The highest BCUT2D eigenvalue weighted by Crippen LogP contribution is 2.31. The van der Waals surface area contributed by atoms with Gasteiger partial charge in [0.25, 0.3) is 0 Å². The summed E-state index contributed by atoms with van der Waals surface area (Å²) in [7, 11) is 0. The lowest BCUT2D eigenvalue weighted by atomic mass is 9.93. The number of H-pyrrole nitrogens is 1. The molecule has 3 aromatic rings. The Morgan fingerprint density at radius 2 is 1.85 bits per heavy atom. The fourth-order valence-corrected chi connectivity index (χ4v) is 2.79. The van der Waals surface area contributed by atoms with Crippen LogP contribution in [0.2, 0.25) is 0 Å². The van der Waals surface area contributed by atoms with Crippen molar-refractivity contribution in [3.63, 3.8) is 0 Å². The van der Waals surface area contributed by atoms with E-state index in [2.05, 4.69) is 79.6 Å². The summed E-state index contributed by atoms with van der Waals surface area (Å²) in [6.45, 7) is 4.35. The summed E-state index contributed by atoms with van der Waals surface area (Å²) in [5.41, 5.74) is 6.42. The molecule has 1 heterocycles. The van der Waals surface area contributed by atoms with E-state index in [-0.39, 0.29) is 0 Å². The van der Waals surface area contributed by atoms with E-state index in [1.165, 1.54) is 33.2 Å². The van der Waals surface area contributed by atoms with Gasteiger partial charge in [-0.1, -0.05) is 55.5 Å². The number of fused-ring (bicyclic) bond motifs is 1. The van der Waals surface area contributed by atoms with Crippen LogP contribution in [0, 0.1) is 6.92 Å². The van der Waals surface area contributed by atoms with Crippen molar-refractivity contribution < 1.29 is 0 Å². The first-order valence-electron chi connectivity index (χ1n) is 7.14. The Bertz CT molecular complexity index is 748. The van der Waals surface area contributed by atoms with Crippen LogP contribution in [-0.2, 0) is 0 Å². The van der Waals surface area contributed by atoms with E-state index >= 15 is 0 Å². The molecular weight excluding hydrogens is 242 g/mol. The van der Waals surface area contributed by atoms with Gasteiger partial charge in [0.05, 0.1) is 0 Å². The minimum atomic E-state index is 1.03. The topological polar surface area (TPSA) is 15.8 Å². The van der Waals surface area contributed by atoms with Gasteiger partial charge in [-0.2, -0.15) is 0 Å². The lowest BCUT2D eigenvalue weighted by molar-refractivity contribution is 1.22. The SMILES string of the molecule is CC/C=C(\c1ccccc1)c1cccc2[nH]cc(C)c12. The summed E-state index contributed by atoms with van der Waals surface area (Å²) in [6, 6.07) is 17.1. The monoisotopic (exact) mass is 261 g/mol. The van der Waals surface area contributed by atoms with Gasteiger partial charge in [-0.25, -0.2) is 0 Å². The highest BCUT2D eigenvalue weighted by Gasteiger charge is 2.10. The fraction of sp³-hybridized carbons (Fsp3) is 0.158. The number of aryl methyl sites for hydroxylation is 1. The molecule has 1 heteroatoms. The zero-order chi connectivity index (χ0) is 13.9. The number of benzene rings is 2. The molecular formula is C19H19N. The first kappa shape index (κ1) is 12.7. The van der Waals surface area contributed by atoms with Crippen molar-refractivity contribution >= 4 is 16.5 Å². The highest BCUT2D eigenvalue weighted by molar-refractivity contribution is 5.98. The lowest BCUT2D eigenvalue weighted by Gasteiger charge is -2.11. The van der Waals surface area contributed by atoms with E-state index in [1.54, 1.807) is 0 Å². The Kier molecular flexibility index (Phi) is 3.42. The quantitative estimate of drug-likeness (QED) is 0.657. The minimum absolute atomic E-state index is 1.03. The van der Waals surface area contributed by atoms with Crippen LogP contribution in [0.5, 0.6) is 0 Å². The maximum Gasteiger partial charge on any atom is 0.0462 e. The van der Waals surface area contributed by atoms with Gasteiger partial charge in [0.15, 0.2) is 0 Å². The molecule has 0 fully saturated rings. The number of allylic oxidation sites excluding steroid dienone is 1. The van der Waals surface area contributed by atoms with E-state index in [1.807, 2.05) is 0 Å². The van der Waals surface area contributed by atoms with Crippen molar-refractivity contribution in [3.8, 4) is 0 Å². The van der Waals surface area contributed by atoms with E-state index in [0.717, 1.165) is 6.42 Å². The van der Waals surface area contributed by atoms with Crippen molar-refractivity contribution in [2.24, 2.45) is 0 Å². The average molecular weight is 261 g/mol. The van der Waals surface area contributed by atoms with Gasteiger partial charge < -0.3 is 4.98 Å². The molecule has 1 nitrogen and oxygen atoms in total. The van der Waals surface area contributed by atoms with E-state index < -0.39 is 0 Å². The molecule has 0 aliphatic heterocycles. The minimum Gasteiger partial charge on any atom is -0.361 e. The number of rotatable bonds is 3. The molecule has 0 aliphatic rings. The molecule has 0 aliphatic carbocycles. The maximum atomic E-state index is 3.35. The van der Waals surface area contributed by atoms with Gasteiger partial charge in [0, 0.05) is 17.1 Å². The third-order valence-electron chi connectivity index (χ3n) is 3.69. The van der Waals surface area contributed by atoms with Crippen LogP contribution in [0.25, 0.3) is 16.5 Å². The van der Waals surface area contributed by atoms with Crippen LogP contribution in [0.3, 0.4) is 0 Å². The van der Waals surface area contributed by atoms with Crippen LogP contribution in [-0.4, -0.2) is 4.98 Å². The van der Waals surface area contributed by atoms with Crippen LogP contribution in [0.15, 0.2) is 60.8 Å². The third-order valence-corrected chi connectivity index (χ3v) is 3.69. The van der Waals surface area contributed by atoms with Crippen LogP contribution < -0.4 is 0 Å². The number of nitrogens with one attached hydrogen (secondary N) is 1. The molecule has 0 unspecified atom stereocenters. The summed E-state index contributed by atoms with van der Waals surface area (Å²) in [6.07, 6.45) is 5.43. The second-order valence-corrected chi connectivity index (χ2v) is 5.09. The summed E-state index contributed by atoms with van der Waals surface area (Å²) < 4.78 is 0. The van der Waals surface area contributed by atoms with Crippen molar-refractivity contribution in [3.05, 3.63) is 77.5 Å². The second-order valence-electron chi connectivity index (χ2n) is 5.09. The normalized spacial score (nSPS) is 12.0. The van der Waals surface area contributed by atoms with Crippen molar-refractivity contribution in [1.82, 2.24) is 4.98 Å². The first-order chi connectivity index (χ1) is 9.81. The Hall–Kier alpha value is -2.28. The van der Waals surface area contributed by atoms with Gasteiger partial charge in [-0.15, -0.1) is 0 Å². The molecule has 0 amide bonds. The van der Waals surface area contributed by atoms with Gasteiger partial charge in [0.1, 0.15) is 0 Å². The third kappa shape index (κ3) is 2.16. The van der Waals surface area contributed by atoms with Gasteiger partial charge in [0.2, 0.25) is 0 Å². The molecule has 1 aromatic heterocycles. The van der Waals surface area contributed by atoms with Gasteiger partial charge >= 0.3 is 0 Å². The van der Waals surface area contributed by atoms with Crippen LogP contribution in [0.1, 0.15) is 30.0 Å². The number of hydrogen-bond acceptors (Lipinski definition) is 0. The summed E-state index contributed by atoms with van der Waals surface area (Å²) in [4.78, 5) is 3.35. The molecule has 0 bridgehead atoms. The van der Waals surface area contributed by atoms with Crippen LogP contribution >= 0.6 is 0 Å². The zero-order valence-electron chi connectivity index (χ0n) is 12.0. The van der Waals surface area contributed by atoms with Gasteiger partial charge in [-0.05, 0) is 41.7 Å². The summed E-state index contributed by atoms with van der Waals surface area (Å²) in [5.74, 6) is 0. The molecule has 0 atom stereocenters. The predicted molar refractivity (Wildman–Crippen MR) is 86.8 cm³/mol. The molecule has 0 saturated heterocycles. The molecule has 0 radical (unpaired) electrons. The fourth-order valence-electron chi connectivity index (χ4n) is 2.79. The highest BCUT2D eigenvalue weighted by atomic mass is 14.7. The smallest absolute Gasteiger partial charge is 0.0462 e. The van der Waals surface area contributed by atoms with E-state index in [0.29, 0.717) is 0 Å². The Morgan fingerprint density at radius 3 is 2.60 bits per heavy atom.